The molecule has 0 saturated heterocycles. The summed E-state index contributed by atoms with van der Waals surface area (Å²) in [6.45, 7) is 4.14. The van der Waals surface area contributed by atoms with Gasteiger partial charge in [0.15, 0.2) is 0 Å². The van der Waals surface area contributed by atoms with Gasteiger partial charge in [0.05, 0.1) is 0 Å². The molecule has 2 unspecified atom stereocenters. The lowest BCUT2D eigenvalue weighted by molar-refractivity contribution is 0.0238. The van der Waals surface area contributed by atoms with Crippen LogP contribution >= 0.6 is 0 Å². The minimum absolute atomic E-state index is 0.0120. The second-order valence-electron chi connectivity index (χ2n) is 4.85. The van der Waals surface area contributed by atoms with Gasteiger partial charge in [-0.3, -0.25) is 0 Å². The van der Waals surface area contributed by atoms with Crippen LogP contribution in [0.15, 0.2) is 48.6 Å². The van der Waals surface area contributed by atoms with Gasteiger partial charge in [0, 0.05) is 5.92 Å². The molecule has 2 atom stereocenters. The summed E-state index contributed by atoms with van der Waals surface area (Å²) in [5.41, 5.74) is -0.297. The molecule has 1 aromatic carbocycles. The van der Waals surface area contributed by atoms with E-state index in [1.54, 1.807) is 18.2 Å². The number of rotatable bonds is 2. The Kier molecular flexibility index (Phi) is 3.16. The van der Waals surface area contributed by atoms with Gasteiger partial charge < -0.3 is 5.11 Å². The average molecular weight is 232 g/mol. The van der Waals surface area contributed by atoms with E-state index in [0.29, 0.717) is 5.92 Å². The second kappa shape index (κ2) is 4.46. The average Bonchev–Trinajstić information content (AvgIpc) is 2.29. The highest BCUT2D eigenvalue weighted by Gasteiger charge is 2.37. The lowest BCUT2D eigenvalue weighted by atomic mass is 9.73. The van der Waals surface area contributed by atoms with Gasteiger partial charge in [-0.05, 0) is 29.7 Å². The Hall–Kier alpha value is -1.41. The highest BCUT2D eigenvalue weighted by atomic mass is 19.1. The molecule has 1 aromatic rings. The quantitative estimate of drug-likeness (QED) is 0.828. The highest BCUT2D eigenvalue weighted by molar-refractivity contribution is 5.34. The molecule has 0 amide bonds. The van der Waals surface area contributed by atoms with Crippen LogP contribution in [0, 0.1) is 17.7 Å². The van der Waals surface area contributed by atoms with Crippen LogP contribution in [0.2, 0.25) is 0 Å². The van der Waals surface area contributed by atoms with Crippen molar-refractivity contribution in [1.82, 2.24) is 0 Å². The van der Waals surface area contributed by atoms with Crippen LogP contribution in [-0.2, 0) is 5.60 Å². The SMILES string of the molecule is CC(C)C1C=CC=CC1(O)c1ccc(F)cc1. The van der Waals surface area contributed by atoms with Crippen LogP contribution in [0.4, 0.5) is 4.39 Å². The molecule has 17 heavy (non-hydrogen) atoms. The number of allylic oxidation sites excluding steroid dienone is 2. The summed E-state index contributed by atoms with van der Waals surface area (Å²) in [6.07, 6.45) is 7.57. The van der Waals surface area contributed by atoms with Gasteiger partial charge >= 0.3 is 0 Å². The molecular weight excluding hydrogens is 215 g/mol. The first-order chi connectivity index (χ1) is 8.04. The maximum atomic E-state index is 12.9. The van der Waals surface area contributed by atoms with Crippen molar-refractivity contribution >= 4 is 0 Å². The Bertz CT molecular complexity index is 444. The summed E-state index contributed by atoms with van der Waals surface area (Å²) in [6, 6.07) is 6.07. The maximum absolute atomic E-state index is 12.9. The third-order valence-electron chi connectivity index (χ3n) is 3.31. The van der Waals surface area contributed by atoms with Crippen molar-refractivity contribution in [3.05, 3.63) is 60.0 Å². The van der Waals surface area contributed by atoms with Gasteiger partial charge in [-0.1, -0.05) is 44.2 Å². The predicted molar refractivity (Wildman–Crippen MR) is 66.9 cm³/mol. The molecule has 1 aliphatic rings. The minimum atomic E-state index is -1.03. The first-order valence-corrected chi connectivity index (χ1v) is 5.88. The molecule has 90 valence electrons. The van der Waals surface area contributed by atoms with Crippen molar-refractivity contribution in [2.75, 3.05) is 0 Å². The van der Waals surface area contributed by atoms with Crippen molar-refractivity contribution in [1.29, 1.82) is 0 Å². The Morgan fingerprint density at radius 1 is 1.18 bits per heavy atom. The molecule has 1 nitrogen and oxygen atoms in total. The summed E-state index contributed by atoms with van der Waals surface area (Å²) in [5, 5.41) is 10.8. The number of benzene rings is 1. The first-order valence-electron chi connectivity index (χ1n) is 5.88. The molecular formula is C15H17FO. The number of hydrogen-bond acceptors (Lipinski definition) is 1. The van der Waals surface area contributed by atoms with Crippen molar-refractivity contribution in [2.24, 2.45) is 11.8 Å². The fraction of sp³-hybridized carbons (Fsp3) is 0.333. The first kappa shape index (κ1) is 12.1. The molecule has 0 spiro atoms. The van der Waals surface area contributed by atoms with Gasteiger partial charge in [-0.2, -0.15) is 0 Å². The van der Waals surface area contributed by atoms with E-state index in [2.05, 4.69) is 13.8 Å². The van der Waals surface area contributed by atoms with Crippen molar-refractivity contribution in [3.8, 4) is 0 Å². The summed E-state index contributed by atoms with van der Waals surface area (Å²) < 4.78 is 12.9. The molecule has 0 aromatic heterocycles. The predicted octanol–water partition coefficient (Wildman–Crippen LogP) is 3.41. The smallest absolute Gasteiger partial charge is 0.123 e. The van der Waals surface area contributed by atoms with Crippen molar-refractivity contribution < 1.29 is 9.50 Å². The second-order valence-corrected chi connectivity index (χ2v) is 4.85. The Morgan fingerprint density at radius 2 is 1.82 bits per heavy atom. The fourth-order valence-electron chi connectivity index (χ4n) is 2.38. The van der Waals surface area contributed by atoms with E-state index in [0.717, 1.165) is 5.56 Å². The molecule has 0 heterocycles. The Balaban J connectivity index is 2.42. The van der Waals surface area contributed by atoms with Crippen molar-refractivity contribution in [3.63, 3.8) is 0 Å². The maximum Gasteiger partial charge on any atom is 0.123 e. The largest absolute Gasteiger partial charge is 0.380 e. The lowest BCUT2D eigenvalue weighted by Crippen LogP contribution is -2.36. The zero-order chi connectivity index (χ0) is 12.5. The van der Waals surface area contributed by atoms with Gasteiger partial charge in [-0.15, -0.1) is 0 Å². The molecule has 1 aliphatic carbocycles. The molecule has 0 aliphatic heterocycles. The summed E-state index contributed by atoms with van der Waals surface area (Å²) >= 11 is 0. The zero-order valence-electron chi connectivity index (χ0n) is 10.1. The highest BCUT2D eigenvalue weighted by Crippen LogP contribution is 2.38. The Labute approximate surface area is 101 Å². The van der Waals surface area contributed by atoms with E-state index in [4.69, 9.17) is 0 Å². The van der Waals surface area contributed by atoms with Crippen molar-refractivity contribution in [2.45, 2.75) is 19.4 Å². The van der Waals surface area contributed by atoms with Gasteiger partial charge in [-0.25, -0.2) is 4.39 Å². The molecule has 0 saturated carbocycles. The number of aliphatic hydroxyl groups is 1. The van der Waals surface area contributed by atoms with Crippen LogP contribution in [-0.4, -0.2) is 5.11 Å². The summed E-state index contributed by atoms with van der Waals surface area (Å²) in [7, 11) is 0. The van der Waals surface area contributed by atoms with Gasteiger partial charge in [0.1, 0.15) is 11.4 Å². The molecule has 1 N–H and O–H groups in total. The third-order valence-corrected chi connectivity index (χ3v) is 3.31. The van der Waals surface area contributed by atoms with E-state index in [1.807, 2.05) is 18.2 Å². The molecule has 2 rings (SSSR count). The van der Waals surface area contributed by atoms with Crippen LogP contribution in [0.1, 0.15) is 19.4 Å². The van der Waals surface area contributed by atoms with E-state index in [1.165, 1.54) is 12.1 Å². The molecule has 0 bridgehead atoms. The van der Waals surface area contributed by atoms with Crippen LogP contribution in [0.3, 0.4) is 0 Å². The monoisotopic (exact) mass is 232 g/mol. The van der Waals surface area contributed by atoms with E-state index in [9.17, 15) is 9.50 Å². The summed E-state index contributed by atoms with van der Waals surface area (Å²) in [4.78, 5) is 0. The molecule has 0 fully saturated rings. The van der Waals surface area contributed by atoms with E-state index < -0.39 is 5.60 Å². The van der Waals surface area contributed by atoms with Gasteiger partial charge in [0.2, 0.25) is 0 Å². The minimum Gasteiger partial charge on any atom is -0.380 e. The van der Waals surface area contributed by atoms with E-state index in [-0.39, 0.29) is 11.7 Å². The standard InChI is InChI=1S/C15H17FO/c1-11(2)14-5-3-4-10-15(14,17)12-6-8-13(16)9-7-12/h3-11,14,17H,1-2H3. The third kappa shape index (κ3) is 2.18. The number of halogens is 1. The lowest BCUT2D eigenvalue weighted by Gasteiger charge is -2.36. The normalized spacial score (nSPS) is 27.7. The molecule has 2 heteroatoms. The van der Waals surface area contributed by atoms with Crippen LogP contribution in [0.25, 0.3) is 0 Å². The molecule has 0 radical (unpaired) electrons. The topological polar surface area (TPSA) is 20.2 Å². The van der Waals surface area contributed by atoms with E-state index >= 15 is 0 Å². The van der Waals surface area contributed by atoms with Crippen LogP contribution in [0.5, 0.6) is 0 Å². The van der Waals surface area contributed by atoms with Gasteiger partial charge in [0.25, 0.3) is 0 Å². The van der Waals surface area contributed by atoms with Crippen LogP contribution < -0.4 is 0 Å². The fourth-order valence-corrected chi connectivity index (χ4v) is 2.38. The number of hydrogen-bond donors (Lipinski definition) is 1. The summed E-state index contributed by atoms with van der Waals surface area (Å²) in [5.74, 6) is 0.0398. The zero-order valence-corrected chi connectivity index (χ0v) is 10.1. The Morgan fingerprint density at radius 3 is 2.41 bits per heavy atom.